The van der Waals surface area contributed by atoms with E-state index in [1.165, 1.54) is 38.6 Å². The van der Waals surface area contributed by atoms with E-state index in [4.69, 9.17) is 0 Å². The quantitative estimate of drug-likeness (QED) is 0.612. The lowest BCUT2D eigenvalue weighted by atomic mass is 9.89. The van der Waals surface area contributed by atoms with E-state index in [1.807, 2.05) is 6.34 Å². The first-order valence-electron chi connectivity index (χ1n) is 5.19. The highest BCUT2D eigenvalue weighted by atomic mass is 15.2. The Morgan fingerprint density at radius 3 is 2.75 bits per heavy atom. The monoisotopic (exact) mass is 166 g/mol. The van der Waals surface area contributed by atoms with Crippen molar-refractivity contribution in [2.24, 2.45) is 10.9 Å². The van der Waals surface area contributed by atoms with E-state index < -0.39 is 0 Å². The Labute approximate surface area is 74.7 Å². The Morgan fingerprint density at radius 1 is 1.25 bits per heavy atom. The predicted molar refractivity (Wildman–Crippen MR) is 51.5 cm³/mol. The lowest BCUT2D eigenvalue weighted by Gasteiger charge is -2.25. The molecule has 2 aliphatic rings. The molecule has 0 unspecified atom stereocenters. The minimum Gasteiger partial charge on any atom is -0.361 e. The van der Waals surface area contributed by atoms with Crippen molar-refractivity contribution >= 4 is 6.34 Å². The summed E-state index contributed by atoms with van der Waals surface area (Å²) in [6, 6.07) is 0. The SMILES string of the molecule is C1=NCCN1CC1CCCCC1. The summed E-state index contributed by atoms with van der Waals surface area (Å²) in [6.07, 6.45) is 9.30. The lowest BCUT2D eigenvalue weighted by molar-refractivity contribution is 0.288. The van der Waals surface area contributed by atoms with Crippen molar-refractivity contribution in [1.82, 2.24) is 4.90 Å². The summed E-state index contributed by atoms with van der Waals surface area (Å²) in [6.45, 7) is 3.45. The zero-order valence-corrected chi connectivity index (χ0v) is 7.71. The Balaban J connectivity index is 1.73. The minimum atomic E-state index is 0.961. The molecule has 2 nitrogen and oxygen atoms in total. The van der Waals surface area contributed by atoms with Crippen molar-refractivity contribution in [2.45, 2.75) is 32.1 Å². The first-order valence-corrected chi connectivity index (χ1v) is 5.19. The number of nitrogens with zero attached hydrogens (tertiary/aromatic N) is 2. The van der Waals surface area contributed by atoms with Gasteiger partial charge in [-0.3, -0.25) is 4.99 Å². The maximum Gasteiger partial charge on any atom is 0.0851 e. The number of aliphatic imine (C=N–C) groups is 1. The lowest BCUT2D eigenvalue weighted by Crippen LogP contribution is -2.27. The van der Waals surface area contributed by atoms with Crippen LogP contribution in [0, 0.1) is 5.92 Å². The second-order valence-corrected chi connectivity index (χ2v) is 4.02. The molecule has 12 heavy (non-hydrogen) atoms. The largest absolute Gasteiger partial charge is 0.361 e. The van der Waals surface area contributed by atoms with Gasteiger partial charge < -0.3 is 4.90 Å². The normalized spacial score (nSPS) is 25.2. The second kappa shape index (κ2) is 3.92. The standard InChI is InChI=1S/C10H18N2/c1-2-4-10(5-3-1)8-12-7-6-11-9-12/h9-10H,1-8H2. The molecular weight excluding hydrogens is 148 g/mol. The van der Waals surface area contributed by atoms with E-state index in [0.29, 0.717) is 0 Å². The van der Waals surface area contributed by atoms with Crippen molar-refractivity contribution in [3.05, 3.63) is 0 Å². The Kier molecular flexibility index (Phi) is 2.64. The average Bonchev–Trinajstić information content (AvgIpc) is 2.59. The molecule has 2 heteroatoms. The minimum absolute atomic E-state index is 0.961. The van der Waals surface area contributed by atoms with Crippen molar-refractivity contribution in [1.29, 1.82) is 0 Å². The molecule has 0 atom stereocenters. The average molecular weight is 166 g/mol. The van der Waals surface area contributed by atoms with E-state index in [1.54, 1.807) is 0 Å². The van der Waals surface area contributed by atoms with Crippen LogP contribution in [0.15, 0.2) is 4.99 Å². The van der Waals surface area contributed by atoms with E-state index in [-0.39, 0.29) is 0 Å². The van der Waals surface area contributed by atoms with Gasteiger partial charge in [-0.05, 0) is 18.8 Å². The topological polar surface area (TPSA) is 15.6 Å². The molecule has 0 N–H and O–H groups in total. The van der Waals surface area contributed by atoms with Crippen LogP contribution in [-0.2, 0) is 0 Å². The summed E-state index contributed by atoms with van der Waals surface area (Å²) in [5.74, 6) is 0.961. The summed E-state index contributed by atoms with van der Waals surface area (Å²) < 4.78 is 0. The number of hydrogen-bond donors (Lipinski definition) is 0. The Bertz CT molecular complexity index is 159. The smallest absolute Gasteiger partial charge is 0.0851 e. The van der Waals surface area contributed by atoms with Crippen LogP contribution < -0.4 is 0 Å². The predicted octanol–water partition coefficient (Wildman–Crippen LogP) is 1.91. The van der Waals surface area contributed by atoms with Gasteiger partial charge in [-0.2, -0.15) is 0 Å². The molecule has 1 saturated carbocycles. The van der Waals surface area contributed by atoms with Crippen molar-refractivity contribution < 1.29 is 0 Å². The van der Waals surface area contributed by atoms with Gasteiger partial charge in [-0.25, -0.2) is 0 Å². The first kappa shape index (κ1) is 8.09. The van der Waals surface area contributed by atoms with Gasteiger partial charge >= 0.3 is 0 Å². The molecule has 2 rings (SSSR count). The highest BCUT2D eigenvalue weighted by Gasteiger charge is 2.16. The summed E-state index contributed by atoms with van der Waals surface area (Å²) >= 11 is 0. The van der Waals surface area contributed by atoms with Gasteiger partial charge in [-0.15, -0.1) is 0 Å². The third-order valence-corrected chi connectivity index (χ3v) is 2.98. The van der Waals surface area contributed by atoms with Gasteiger partial charge in [0.25, 0.3) is 0 Å². The van der Waals surface area contributed by atoms with Crippen molar-refractivity contribution in [3.63, 3.8) is 0 Å². The molecule has 0 saturated heterocycles. The van der Waals surface area contributed by atoms with Gasteiger partial charge in [0.15, 0.2) is 0 Å². The fourth-order valence-corrected chi connectivity index (χ4v) is 2.26. The molecule has 0 aromatic carbocycles. The molecule has 1 aliphatic heterocycles. The molecular formula is C10H18N2. The third-order valence-electron chi connectivity index (χ3n) is 2.98. The zero-order chi connectivity index (χ0) is 8.23. The summed E-state index contributed by atoms with van der Waals surface area (Å²) in [4.78, 5) is 6.62. The van der Waals surface area contributed by atoms with Crippen molar-refractivity contribution in [3.8, 4) is 0 Å². The molecule has 0 amide bonds. The fraction of sp³-hybridized carbons (Fsp3) is 0.900. The Morgan fingerprint density at radius 2 is 2.08 bits per heavy atom. The molecule has 0 bridgehead atoms. The molecule has 0 aromatic rings. The summed E-state index contributed by atoms with van der Waals surface area (Å²) in [5, 5.41) is 0. The molecule has 1 fully saturated rings. The van der Waals surface area contributed by atoms with Crippen LogP contribution in [0.5, 0.6) is 0 Å². The number of rotatable bonds is 2. The van der Waals surface area contributed by atoms with Crippen LogP contribution in [0.3, 0.4) is 0 Å². The summed E-state index contributed by atoms with van der Waals surface area (Å²) in [7, 11) is 0. The molecule has 68 valence electrons. The van der Waals surface area contributed by atoms with Crippen LogP contribution in [0.2, 0.25) is 0 Å². The fourth-order valence-electron chi connectivity index (χ4n) is 2.26. The van der Waals surface area contributed by atoms with Gasteiger partial charge in [0.2, 0.25) is 0 Å². The molecule has 1 aliphatic carbocycles. The van der Waals surface area contributed by atoms with Gasteiger partial charge in [0.05, 0.1) is 12.9 Å². The number of hydrogen-bond acceptors (Lipinski definition) is 2. The molecule has 0 spiro atoms. The highest BCUT2D eigenvalue weighted by molar-refractivity contribution is 5.56. The highest BCUT2D eigenvalue weighted by Crippen LogP contribution is 2.24. The van der Waals surface area contributed by atoms with E-state index >= 15 is 0 Å². The summed E-state index contributed by atoms with van der Waals surface area (Å²) in [5.41, 5.74) is 0. The van der Waals surface area contributed by atoms with E-state index in [2.05, 4.69) is 9.89 Å². The van der Waals surface area contributed by atoms with Gasteiger partial charge in [0.1, 0.15) is 0 Å². The van der Waals surface area contributed by atoms with Gasteiger partial charge in [-0.1, -0.05) is 19.3 Å². The van der Waals surface area contributed by atoms with Crippen LogP contribution in [0.4, 0.5) is 0 Å². The van der Waals surface area contributed by atoms with E-state index in [9.17, 15) is 0 Å². The maximum atomic E-state index is 4.23. The van der Waals surface area contributed by atoms with Crippen molar-refractivity contribution in [2.75, 3.05) is 19.6 Å². The van der Waals surface area contributed by atoms with Crippen LogP contribution in [-0.4, -0.2) is 30.9 Å². The van der Waals surface area contributed by atoms with Crippen LogP contribution in [0.1, 0.15) is 32.1 Å². The third kappa shape index (κ3) is 1.99. The van der Waals surface area contributed by atoms with Gasteiger partial charge in [0, 0.05) is 13.1 Å². The zero-order valence-electron chi connectivity index (χ0n) is 7.71. The molecule has 0 aromatic heterocycles. The maximum absolute atomic E-state index is 4.23. The van der Waals surface area contributed by atoms with Crippen LogP contribution in [0.25, 0.3) is 0 Å². The van der Waals surface area contributed by atoms with E-state index in [0.717, 1.165) is 19.0 Å². The first-order chi connectivity index (χ1) is 5.95. The second-order valence-electron chi connectivity index (χ2n) is 4.02. The molecule has 1 heterocycles. The Hall–Kier alpha value is -0.530. The molecule has 0 radical (unpaired) electrons. The van der Waals surface area contributed by atoms with Crippen LogP contribution >= 0.6 is 0 Å².